The minimum Gasteiger partial charge on any atom is -0.322 e. The lowest BCUT2D eigenvalue weighted by Gasteiger charge is -2.16. The second-order valence-corrected chi connectivity index (χ2v) is 8.05. The van der Waals surface area contributed by atoms with Crippen molar-refractivity contribution in [3.63, 3.8) is 0 Å². The van der Waals surface area contributed by atoms with E-state index in [2.05, 4.69) is 22.9 Å². The number of nitrogens with one attached hydrogen (secondary N) is 2. The van der Waals surface area contributed by atoms with E-state index in [0.29, 0.717) is 5.56 Å². The van der Waals surface area contributed by atoms with Crippen LogP contribution in [0.4, 0.5) is 11.4 Å². The van der Waals surface area contributed by atoms with Crippen molar-refractivity contribution >= 4 is 17.3 Å². The molecule has 5 rings (SSSR count). The van der Waals surface area contributed by atoms with E-state index in [9.17, 15) is 4.79 Å². The van der Waals surface area contributed by atoms with Gasteiger partial charge in [-0.15, -0.1) is 0 Å². The van der Waals surface area contributed by atoms with Gasteiger partial charge in [-0.05, 0) is 36.8 Å². The minimum absolute atomic E-state index is 0.145. The van der Waals surface area contributed by atoms with Gasteiger partial charge in [-0.25, -0.2) is 0 Å². The lowest BCUT2D eigenvalue weighted by molar-refractivity contribution is 0.102. The molecule has 5 aromatic rings. The average molecular weight is 444 g/mol. The maximum Gasteiger partial charge on any atom is 0.258 e. The summed E-state index contributed by atoms with van der Waals surface area (Å²) >= 11 is 0. The fraction of sp³-hybridized carbons (Fsp3) is 0.0333. The van der Waals surface area contributed by atoms with Crippen LogP contribution in [0, 0.1) is 6.92 Å². The van der Waals surface area contributed by atoms with Crippen LogP contribution in [0.25, 0.3) is 22.4 Å². The Morgan fingerprint density at radius 3 is 1.65 bits per heavy atom. The molecular weight excluding hydrogens is 418 g/mol. The van der Waals surface area contributed by atoms with Crippen molar-refractivity contribution in [2.24, 2.45) is 0 Å². The van der Waals surface area contributed by atoms with Crippen molar-refractivity contribution in [3.05, 3.63) is 133 Å². The van der Waals surface area contributed by atoms with E-state index in [1.807, 2.05) is 121 Å². The quantitative estimate of drug-likeness (QED) is 0.290. The van der Waals surface area contributed by atoms with Gasteiger partial charge in [0.25, 0.3) is 5.91 Å². The topological polar surface area (TPSA) is 46.1 Å². The molecular formula is C30H25N3O. The smallest absolute Gasteiger partial charge is 0.258 e. The zero-order chi connectivity index (χ0) is 23.3. The highest BCUT2D eigenvalue weighted by Gasteiger charge is 2.27. The summed E-state index contributed by atoms with van der Waals surface area (Å²) in [6.45, 7) is 1.98. The highest BCUT2D eigenvalue weighted by atomic mass is 16.1. The SMILES string of the molecule is Cc1c(C(=O)Nc2ccccc2)c(-c2ccccc2)c(-c2ccccc2)n1Nc1ccccc1. The normalized spacial score (nSPS) is 10.6. The largest absolute Gasteiger partial charge is 0.322 e. The molecule has 0 radical (unpaired) electrons. The average Bonchev–Trinajstić information content (AvgIpc) is 3.18. The van der Waals surface area contributed by atoms with Crippen LogP contribution < -0.4 is 10.7 Å². The number of hydrogen-bond donors (Lipinski definition) is 2. The molecule has 0 atom stereocenters. The lowest BCUT2D eigenvalue weighted by Crippen LogP contribution is -2.16. The van der Waals surface area contributed by atoms with Crippen molar-refractivity contribution in [2.75, 3.05) is 10.7 Å². The van der Waals surface area contributed by atoms with Crippen LogP contribution in [-0.2, 0) is 0 Å². The number of benzene rings is 4. The van der Waals surface area contributed by atoms with Crippen LogP contribution in [0.1, 0.15) is 16.1 Å². The maximum atomic E-state index is 13.7. The van der Waals surface area contributed by atoms with Gasteiger partial charge in [-0.2, -0.15) is 0 Å². The number of anilines is 2. The van der Waals surface area contributed by atoms with E-state index in [4.69, 9.17) is 0 Å². The van der Waals surface area contributed by atoms with Gasteiger partial charge in [0.1, 0.15) is 0 Å². The van der Waals surface area contributed by atoms with Crippen LogP contribution in [0.2, 0.25) is 0 Å². The van der Waals surface area contributed by atoms with Crippen LogP contribution in [0.3, 0.4) is 0 Å². The van der Waals surface area contributed by atoms with Gasteiger partial charge >= 0.3 is 0 Å². The van der Waals surface area contributed by atoms with Crippen molar-refractivity contribution in [1.29, 1.82) is 0 Å². The molecule has 0 bridgehead atoms. The van der Waals surface area contributed by atoms with Crippen molar-refractivity contribution in [2.45, 2.75) is 6.92 Å². The van der Waals surface area contributed by atoms with Gasteiger partial charge in [-0.3, -0.25) is 14.9 Å². The Bertz CT molecular complexity index is 1390. The summed E-state index contributed by atoms with van der Waals surface area (Å²) in [5.74, 6) is -0.145. The fourth-order valence-electron chi connectivity index (χ4n) is 4.22. The third-order valence-electron chi connectivity index (χ3n) is 5.79. The second kappa shape index (κ2) is 9.51. The molecule has 0 spiro atoms. The van der Waals surface area contributed by atoms with Crippen LogP contribution in [0.15, 0.2) is 121 Å². The highest BCUT2D eigenvalue weighted by molar-refractivity contribution is 6.12. The molecule has 0 saturated heterocycles. The molecule has 4 nitrogen and oxygen atoms in total. The zero-order valence-corrected chi connectivity index (χ0v) is 18.9. The molecule has 34 heavy (non-hydrogen) atoms. The molecule has 0 saturated carbocycles. The number of aromatic nitrogens is 1. The third-order valence-corrected chi connectivity index (χ3v) is 5.79. The molecule has 166 valence electrons. The molecule has 4 aromatic carbocycles. The van der Waals surface area contributed by atoms with Crippen molar-refractivity contribution < 1.29 is 4.79 Å². The molecule has 0 unspecified atom stereocenters. The summed E-state index contributed by atoms with van der Waals surface area (Å²) < 4.78 is 2.02. The van der Waals surface area contributed by atoms with Gasteiger partial charge in [0.15, 0.2) is 0 Å². The predicted octanol–water partition coefficient (Wildman–Crippen LogP) is 7.26. The molecule has 1 aromatic heterocycles. The highest BCUT2D eigenvalue weighted by Crippen LogP contribution is 2.39. The number of carbonyl (C=O) groups is 1. The molecule has 0 aliphatic carbocycles. The van der Waals surface area contributed by atoms with Crippen LogP contribution in [-0.4, -0.2) is 10.6 Å². The third kappa shape index (κ3) is 4.21. The van der Waals surface area contributed by atoms with Crippen molar-refractivity contribution in [1.82, 2.24) is 4.68 Å². The summed E-state index contributed by atoms with van der Waals surface area (Å²) in [6, 6.07) is 39.8. The van der Waals surface area contributed by atoms with Crippen molar-refractivity contribution in [3.8, 4) is 22.4 Å². The first kappa shape index (κ1) is 21.3. The van der Waals surface area contributed by atoms with Gasteiger partial charge in [0.2, 0.25) is 0 Å². The van der Waals surface area contributed by atoms with Gasteiger partial charge in [0.05, 0.1) is 22.6 Å². The Morgan fingerprint density at radius 2 is 1.09 bits per heavy atom. The van der Waals surface area contributed by atoms with E-state index in [-0.39, 0.29) is 5.91 Å². The fourth-order valence-corrected chi connectivity index (χ4v) is 4.22. The number of para-hydroxylation sites is 2. The summed E-state index contributed by atoms with van der Waals surface area (Å²) in [6.07, 6.45) is 0. The van der Waals surface area contributed by atoms with Crippen LogP contribution in [0.5, 0.6) is 0 Å². The Hall–Kier alpha value is -4.57. The number of carbonyl (C=O) groups excluding carboxylic acids is 1. The summed E-state index contributed by atoms with van der Waals surface area (Å²) in [4.78, 5) is 13.7. The van der Waals surface area contributed by atoms with E-state index in [0.717, 1.165) is 39.5 Å². The summed E-state index contributed by atoms with van der Waals surface area (Å²) in [7, 11) is 0. The minimum atomic E-state index is -0.145. The number of rotatable bonds is 6. The monoisotopic (exact) mass is 443 g/mol. The number of amides is 1. The number of hydrogen-bond acceptors (Lipinski definition) is 2. The molecule has 2 N–H and O–H groups in total. The van der Waals surface area contributed by atoms with E-state index in [1.165, 1.54) is 0 Å². The number of nitrogens with zero attached hydrogens (tertiary/aromatic N) is 1. The molecule has 1 heterocycles. The predicted molar refractivity (Wildman–Crippen MR) is 140 cm³/mol. The second-order valence-electron chi connectivity index (χ2n) is 8.05. The first-order chi connectivity index (χ1) is 16.7. The van der Waals surface area contributed by atoms with Gasteiger partial charge in [-0.1, -0.05) is 97.1 Å². The van der Waals surface area contributed by atoms with Crippen LogP contribution >= 0.6 is 0 Å². The molecule has 0 aliphatic rings. The standard InChI is InChI=1S/C30H25N3O/c1-22-27(30(34)31-25-18-10-4-11-19-25)28(23-14-6-2-7-15-23)29(24-16-8-3-9-17-24)33(22)32-26-20-12-5-13-21-26/h2-21,32H,1H3,(H,31,34). The summed E-state index contributed by atoms with van der Waals surface area (Å²) in [5.41, 5.74) is 10.5. The first-order valence-corrected chi connectivity index (χ1v) is 11.3. The Morgan fingerprint density at radius 1 is 0.618 bits per heavy atom. The van der Waals surface area contributed by atoms with E-state index in [1.54, 1.807) is 0 Å². The Balaban J connectivity index is 1.75. The first-order valence-electron chi connectivity index (χ1n) is 11.3. The van der Waals surface area contributed by atoms with Gasteiger partial charge in [0, 0.05) is 16.8 Å². The van der Waals surface area contributed by atoms with E-state index >= 15 is 0 Å². The lowest BCUT2D eigenvalue weighted by atomic mass is 9.96. The summed E-state index contributed by atoms with van der Waals surface area (Å²) in [5, 5.41) is 3.09. The Labute approximate surface area is 199 Å². The van der Waals surface area contributed by atoms with Gasteiger partial charge < -0.3 is 5.32 Å². The molecule has 0 aliphatic heterocycles. The molecule has 4 heteroatoms. The molecule has 0 fully saturated rings. The Kier molecular flexibility index (Phi) is 5.95. The van der Waals surface area contributed by atoms with E-state index < -0.39 is 0 Å². The maximum absolute atomic E-state index is 13.7. The molecule has 1 amide bonds. The zero-order valence-electron chi connectivity index (χ0n) is 18.9.